The average molecular weight is 1120 g/mol. The molecule has 88 heavy (non-hydrogen) atoms. The van der Waals surface area contributed by atoms with Crippen molar-refractivity contribution >= 4 is 87.2 Å². The van der Waals surface area contributed by atoms with Crippen LogP contribution in [0.2, 0.25) is 0 Å². The van der Waals surface area contributed by atoms with Crippen molar-refractivity contribution in [3.05, 3.63) is 309 Å². The van der Waals surface area contributed by atoms with Gasteiger partial charge in [0.15, 0.2) is 17.5 Å². The standard InChI is InChI=1S/C81H51N7/c1-3-21-52(22-4-1)79-82-80(84-81(83-79)57-25-20-28-59(48-57)86-70-35-13-7-29-61(70)62-30-8-14-36-71(62)86)56-24-19-23-53(47-56)54-42-45-76(88-74-39-17-11-33-65(74)66-34-12-18-40-75(66)88)68(49-54)55-41-44-67-69-51-60(43-46-77(69)85(78(67)50-55)58-26-5-2-6-27-58)87-72-37-15-9-31-63(72)64-32-10-16-38-73(64)87/h1-51H. The molecule has 0 atom stereocenters. The Kier molecular flexibility index (Phi) is 11.2. The number of nitrogens with zero attached hydrogens (tertiary/aromatic N) is 7. The topological polar surface area (TPSA) is 58.4 Å². The molecule has 18 rings (SSSR count). The third-order valence-corrected chi connectivity index (χ3v) is 17.8. The molecule has 18 aromatic rings. The lowest BCUT2D eigenvalue weighted by Gasteiger charge is -2.17. The molecular weight excluding hydrogens is 1070 g/mol. The third-order valence-electron chi connectivity index (χ3n) is 17.8. The summed E-state index contributed by atoms with van der Waals surface area (Å²) in [5.74, 6) is 1.80. The Morgan fingerprint density at radius 1 is 0.182 bits per heavy atom. The van der Waals surface area contributed by atoms with E-state index in [9.17, 15) is 0 Å². The van der Waals surface area contributed by atoms with Crippen molar-refractivity contribution in [3.8, 4) is 79.2 Å². The van der Waals surface area contributed by atoms with Gasteiger partial charge in [-0.1, -0.05) is 206 Å². The Hall–Kier alpha value is -11.9. The minimum absolute atomic E-state index is 0.593. The molecule has 7 nitrogen and oxygen atoms in total. The smallest absolute Gasteiger partial charge is 0.164 e. The van der Waals surface area contributed by atoms with E-state index in [-0.39, 0.29) is 0 Å². The SMILES string of the molecule is c1ccc(-c2nc(-c3cccc(-c4ccc(-n5c6ccccc6c6ccccc65)c(-c5ccc6c7cc(-n8c9ccccc9c9ccccc98)ccc7n(-c7ccccc7)c6c5)c4)c3)nc(-c3cccc(-n4c5ccccc5c5ccccc54)c3)n2)cc1. The van der Waals surface area contributed by atoms with Gasteiger partial charge in [0.2, 0.25) is 0 Å². The van der Waals surface area contributed by atoms with E-state index in [1.165, 1.54) is 54.1 Å². The molecule has 0 aliphatic heterocycles. The van der Waals surface area contributed by atoms with Crippen molar-refractivity contribution in [2.75, 3.05) is 0 Å². The van der Waals surface area contributed by atoms with Crippen molar-refractivity contribution in [2.24, 2.45) is 0 Å². The van der Waals surface area contributed by atoms with Crippen LogP contribution in [0.15, 0.2) is 309 Å². The molecule has 0 radical (unpaired) electrons. The van der Waals surface area contributed by atoms with Crippen LogP contribution < -0.4 is 0 Å². The molecule has 0 aliphatic rings. The number of aromatic nitrogens is 7. The Balaban J connectivity index is 0.816. The Labute approximate surface area is 506 Å². The maximum Gasteiger partial charge on any atom is 0.164 e. The van der Waals surface area contributed by atoms with Gasteiger partial charge in [-0.15, -0.1) is 0 Å². The van der Waals surface area contributed by atoms with Crippen LogP contribution in [0.1, 0.15) is 0 Å². The van der Waals surface area contributed by atoms with E-state index >= 15 is 0 Å². The summed E-state index contributed by atoms with van der Waals surface area (Å²) < 4.78 is 9.63. The number of rotatable bonds is 9. The fourth-order valence-electron chi connectivity index (χ4n) is 13.9. The first-order valence-electron chi connectivity index (χ1n) is 29.9. The van der Waals surface area contributed by atoms with Gasteiger partial charge in [0.25, 0.3) is 0 Å². The first-order chi connectivity index (χ1) is 43.6. The summed E-state index contributed by atoms with van der Waals surface area (Å²) >= 11 is 0. The monoisotopic (exact) mass is 1120 g/mol. The molecule has 7 heteroatoms. The summed E-state index contributed by atoms with van der Waals surface area (Å²) in [4.78, 5) is 15.8. The first-order valence-corrected chi connectivity index (χ1v) is 29.9. The second-order valence-corrected chi connectivity index (χ2v) is 22.7. The summed E-state index contributed by atoms with van der Waals surface area (Å²) in [7, 11) is 0. The Morgan fingerprint density at radius 2 is 0.557 bits per heavy atom. The molecule has 5 aromatic heterocycles. The largest absolute Gasteiger partial charge is 0.309 e. The molecule has 0 unspecified atom stereocenters. The van der Waals surface area contributed by atoms with Gasteiger partial charge >= 0.3 is 0 Å². The van der Waals surface area contributed by atoms with E-state index < -0.39 is 0 Å². The predicted molar refractivity (Wildman–Crippen MR) is 364 cm³/mol. The van der Waals surface area contributed by atoms with Crippen LogP contribution in [-0.4, -0.2) is 33.2 Å². The number of para-hydroxylation sites is 7. The molecule has 0 saturated carbocycles. The molecule has 0 amide bonds. The van der Waals surface area contributed by atoms with Gasteiger partial charge in [-0.25, -0.2) is 15.0 Å². The minimum atomic E-state index is 0.593. The van der Waals surface area contributed by atoms with E-state index in [1.807, 2.05) is 18.2 Å². The molecule has 5 heterocycles. The van der Waals surface area contributed by atoms with Crippen molar-refractivity contribution < 1.29 is 0 Å². The molecule has 410 valence electrons. The molecular formula is C81H51N7. The predicted octanol–water partition coefficient (Wildman–Crippen LogP) is 20.6. The van der Waals surface area contributed by atoms with Crippen LogP contribution in [0.3, 0.4) is 0 Å². The van der Waals surface area contributed by atoms with Crippen molar-refractivity contribution in [3.63, 3.8) is 0 Å². The molecule has 0 aliphatic carbocycles. The highest BCUT2D eigenvalue weighted by atomic mass is 15.0. The summed E-state index contributed by atoms with van der Waals surface area (Å²) in [6.07, 6.45) is 0. The van der Waals surface area contributed by atoms with Gasteiger partial charge in [0.05, 0.1) is 49.8 Å². The lowest BCUT2D eigenvalue weighted by Crippen LogP contribution is -2.01. The number of fused-ring (bicyclic) bond motifs is 12. The van der Waals surface area contributed by atoms with Crippen molar-refractivity contribution in [1.82, 2.24) is 33.2 Å². The first kappa shape index (κ1) is 49.5. The van der Waals surface area contributed by atoms with Gasteiger partial charge in [-0.3, -0.25) is 0 Å². The summed E-state index contributed by atoms with van der Waals surface area (Å²) in [5, 5.41) is 9.70. The number of hydrogen-bond donors (Lipinski definition) is 0. The van der Waals surface area contributed by atoms with Gasteiger partial charge < -0.3 is 18.3 Å². The molecule has 0 spiro atoms. The number of benzene rings is 13. The van der Waals surface area contributed by atoms with Crippen molar-refractivity contribution in [1.29, 1.82) is 0 Å². The van der Waals surface area contributed by atoms with Crippen LogP contribution in [0.25, 0.3) is 166 Å². The highest BCUT2D eigenvalue weighted by Gasteiger charge is 2.22. The normalized spacial score (nSPS) is 11.9. The van der Waals surface area contributed by atoms with Crippen LogP contribution in [0.5, 0.6) is 0 Å². The quantitative estimate of drug-likeness (QED) is 0.145. The molecule has 13 aromatic carbocycles. The van der Waals surface area contributed by atoms with Crippen LogP contribution in [0, 0.1) is 0 Å². The molecule has 0 saturated heterocycles. The Bertz CT molecular complexity index is 5660. The third kappa shape index (κ3) is 7.81. The van der Waals surface area contributed by atoms with Gasteiger partial charge in [-0.05, 0) is 120 Å². The molecule has 0 fully saturated rings. The zero-order chi connectivity index (χ0) is 57.8. The second kappa shape index (κ2) is 19.8. The highest BCUT2D eigenvalue weighted by molar-refractivity contribution is 6.14. The summed E-state index contributed by atoms with van der Waals surface area (Å²) in [6.45, 7) is 0. The fraction of sp³-hybridized carbons (Fsp3) is 0. The lowest BCUT2D eigenvalue weighted by atomic mass is 9.95. The molecule has 0 N–H and O–H groups in total. The van der Waals surface area contributed by atoms with Gasteiger partial charge in [0.1, 0.15) is 0 Å². The number of hydrogen-bond acceptors (Lipinski definition) is 3. The second-order valence-electron chi connectivity index (χ2n) is 22.7. The summed E-state index contributed by atoms with van der Waals surface area (Å²) in [6, 6.07) is 111. The fourth-order valence-corrected chi connectivity index (χ4v) is 13.9. The maximum atomic E-state index is 5.34. The van der Waals surface area contributed by atoms with Crippen LogP contribution in [-0.2, 0) is 0 Å². The lowest BCUT2D eigenvalue weighted by molar-refractivity contribution is 1.07. The zero-order valence-electron chi connectivity index (χ0n) is 47.6. The van der Waals surface area contributed by atoms with Crippen molar-refractivity contribution in [2.45, 2.75) is 0 Å². The van der Waals surface area contributed by atoms with Gasteiger partial charge in [0, 0.05) is 82.4 Å². The highest BCUT2D eigenvalue weighted by Crippen LogP contribution is 2.43. The minimum Gasteiger partial charge on any atom is -0.309 e. The van der Waals surface area contributed by atoms with E-state index in [0.717, 1.165) is 94.8 Å². The average Bonchev–Trinajstić information content (AvgIpc) is 1.69. The Morgan fingerprint density at radius 3 is 1.11 bits per heavy atom. The van der Waals surface area contributed by atoms with E-state index in [1.54, 1.807) is 0 Å². The molecule has 0 bridgehead atoms. The van der Waals surface area contributed by atoms with E-state index in [4.69, 9.17) is 15.0 Å². The van der Waals surface area contributed by atoms with Gasteiger partial charge in [-0.2, -0.15) is 0 Å². The zero-order valence-corrected chi connectivity index (χ0v) is 47.6. The van der Waals surface area contributed by atoms with Crippen LogP contribution >= 0.6 is 0 Å². The van der Waals surface area contributed by atoms with Crippen LogP contribution in [0.4, 0.5) is 0 Å². The van der Waals surface area contributed by atoms with E-state index in [0.29, 0.717) is 17.5 Å². The van der Waals surface area contributed by atoms with E-state index in [2.05, 4.69) is 309 Å². The maximum absolute atomic E-state index is 5.34. The summed E-state index contributed by atoms with van der Waals surface area (Å²) in [5.41, 5.74) is 20.6.